The Morgan fingerprint density at radius 3 is 2.25 bits per heavy atom. The van der Waals surface area contributed by atoms with Crippen molar-refractivity contribution in [1.82, 2.24) is 25.4 Å². The first-order valence-corrected chi connectivity index (χ1v) is 27.4. The van der Waals surface area contributed by atoms with Gasteiger partial charge in [0.1, 0.15) is 29.8 Å². The number of likely N-dealkylation sites (tertiary alicyclic amines) is 1. The van der Waals surface area contributed by atoms with Crippen LogP contribution in [-0.2, 0) is 25.2 Å². The minimum Gasteiger partial charge on any atom is -0.506 e. The molecule has 0 aliphatic carbocycles. The third-order valence-corrected chi connectivity index (χ3v) is 18.1. The van der Waals surface area contributed by atoms with Gasteiger partial charge in [-0.2, -0.15) is 0 Å². The number of benzene rings is 4. The SMILES string of the molecule is CN(CCCNC[C@H](O[Si](C)(C)C(C)(C)C)c1ccc(O)c2[nH]c(=O)ccc12)C(=O)c1ccc(COc2cccc(C(NC(=O)OC3C4COCC3CN(C(=O)OC(C)(C)C)C4)c3ccccc3)c2)cc1. The second-order valence-electron chi connectivity index (χ2n) is 21.3. The maximum Gasteiger partial charge on any atom is 0.410 e. The summed E-state index contributed by atoms with van der Waals surface area (Å²) in [5.41, 5.74) is 3.49. The van der Waals surface area contributed by atoms with Gasteiger partial charge in [0.2, 0.25) is 5.56 Å². The molecule has 3 unspecified atom stereocenters. The van der Waals surface area contributed by atoms with E-state index in [0.717, 1.165) is 27.6 Å². The van der Waals surface area contributed by atoms with Gasteiger partial charge in [0, 0.05) is 62.1 Å². The summed E-state index contributed by atoms with van der Waals surface area (Å²) in [4.78, 5) is 58.4. The Bertz CT molecular complexity index is 2670. The number of aromatic hydroxyl groups is 1. The topological polar surface area (TPSA) is 181 Å². The monoisotopic (exact) mass is 989 g/mol. The summed E-state index contributed by atoms with van der Waals surface area (Å²) in [7, 11) is -0.433. The molecule has 1 aromatic heterocycles. The molecule has 16 heteroatoms. The average molecular weight is 990 g/mol. The molecule has 5 aromatic rings. The van der Waals surface area contributed by atoms with Crippen LogP contribution in [0.15, 0.2) is 108 Å². The second kappa shape index (κ2) is 22.5. The van der Waals surface area contributed by atoms with E-state index < -0.39 is 32.2 Å². The summed E-state index contributed by atoms with van der Waals surface area (Å²) in [5.74, 6) is 0.150. The number of aromatic amines is 1. The van der Waals surface area contributed by atoms with Crippen LogP contribution in [0.5, 0.6) is 11.5 Å². The molecule has 0 radical (unpaired) electrons. The van der Waals surface area contributed by atoms with Crippen LogP contribution >= 0.6 is 0 Å². The number of aromatic nitrogens is 1. The van der Waals surface area contributed by atoms with Crippen molar-refractivity contribution in [2.24, 2.45) is 11.8 Å². The molecule has 4 atom stereocenters. The van der Waals surface area contributed by atoms with E-state index in [1.54, 1.807) is 29.0 Å². The molecule has 2 bridgehead atoms. The Kier molecular flexibility index (Phi) is 16.7. The van der Waals surface area contributed by atoms with Gasteiger partial charge in [0.15, 0.2) is 8.32 Å². The van der Waals surface area contributed by atoms with Crippen LogP contribution in [0.1, 0.15) is 92.7 Å². The highest BCUT2D eigenvalue weighted by atomic mass is 28.4. The highest BCUT2D eigenvalue weighted by molar-refractivity contribution is 6.74. The van der Waals surface area contributed by atoms with Gasteiger partial charge >= 0.3 is 12.2 Å². The van der Waals surface area contributed by atoms with Crippen LogP contribution in [-0.4, -0.2) is 111 Å². The Hall–Kier alpha value is -6.20. The van der Waals surface area contributed by atoms with Crippen molar-refractivity contribution in [1.29, 1.82) is 0 Å². The molecule has 380 valence electrons. The molecule has 2 saturated heterocycles. The molecule has 15 nitrogen and oxygen atoms in total. The summed E-state index contributed by atoms with van der Waals surface area (Å²) in [6.07, 6.45) is -0.991. The minimum atomic E-state index is -2.23. The predicted molar refractivity (Wildman–Crippen MR) is 276 cm³/mol. The number of phenols is 1. The quantitative estimate of drug-likeness (QED) is 0.0515. The lowest BCUT2D eigenvalue weighted by atomic mass is 9.85. The Labute approximate surface area is 418 Å². The Morgan fingerprint density at radius 1 is 0.887 bits per heavy atom. The molecule has 2 aliphatic heterocycles. The average Bonchev–Trinajstić information content (AvgIpc) is 3.31. The number of phenolic OH excluding ortho intramolecular Hbond substituents is 1. The molecular weight excluding hydrogens is 919 g/mol. The summed E-state index contributed by atoms with van der Waals surface area (Å²) in [6.45, 7) is 19.9. The fourth-order valence-electron chi connectivity index (χ4n) is 8.83. The number of piperidine rings is 1. The van der Waals surface area contributed by atoms with E-state index in [1.165, 1.54) is 6.07 Å². The molecule has 7 rings (SSSR count). The zero-order chi connectivity index (χ0) is 51.1. The second-order valence-corrected chi connectivity index (χ2v) is 26.1. The molecule has 4 aromatic carbocycles. The normalized spacial score (nSPS) is 18.0. The molecule has 2 aliphatic rings. The molecule has 3 amide bonds. The smallest absolute Gasteiger partial charge is 0.410 e. The van der Waals surface area contributed by atoms with Crippen LogP contribution in [0.2, 0.25) is 18.1 Å². The number of pyridine rings is 1. The van der Waals surface area contributed by atoms with Crippen molar-refractivity contribution in [3.63, 3.8) is 0 Å². The number of ether oxygens (including phenoxy) is 4. The van der Waals surface area contributed by atoms with Crippen molar-refractivity contribution >= 4 is 37.3 Å². The molecule has 0 saturated carbocycles. The summed E-state index contributed by atoms with van der Waals surface area (Å²) in [6, 6.07) is 30.8. The molecule has 71 heavy (non-hydrogen) atoms. The van der Waals surface area contributed by atoms with Gasteiger partial charge in [0.05, 0.1) is 30.9 Å². The minimum absolute atomic E-state index is 0.00828. The Balaban J connectivity index is 0.914. The van der Waals surface area contributed by atoms with Gasteiger partial charge in [-0.15, -0.1) is 0 Å². The number of fused-ring (bicyclic) bond motifs is 3. The first kappa shape index (κ1) is 52.6. The summed E-state index contributed by atoms with van der Waals surface area (Å²) >= 11 is 0. The number of carbonyl (C=O) groups excluding carboxylic acids is 3. The van der Waals surface area contributed by atoms with Gasteiger partial charge in [-0.1, -0.05) is 81.4 Å². The Morgan fingerprint density at radius 2 is 1.58 bits per heavy atom. The number of H-pyrrole nitrogens is 1. The van der Waals surface area contributed by atoms with Crippen molar-refractivity contribution in [2.75, 3.05) is 53.0 Å². The van der Waals surface area contributed by atoms with E-state index in [0.29, 0.717) is 69.2 Å². The molecule has 3 heterocycles. The van der Waals surface area contributed by atoms with E-state index in [4.69, 9.17) is 23.4 Å². The largest absolute Gasteiger partial charge is 0.506 e. The predicted octanol–water partition coefficient (Wildman–Crippen LogP) is 9.33. The van der Waals surface area contributed by atoms with Crippen molar-refractivity contribution < 1.29 is 42.9 Å². The van der Waals surface area contributed by atoms with Gasteiger partial charge in [-0.25, -0.2) is 9.59 Å². The van der Waals surface area contributed by atoms with Crippen LogP contribution in [0.4, 0.5) is 9.59 Å². The maximum absolute atomic E-state index is 13.7. The molecular formula is C55H71N5O10Si. The number of hydrogen-bond donors (Lipinski definition) is 4. The van der Waals surface area contributed by atoms with Crippen molar-refractivity contribution in [3.05, 3.63) is 141 Å². The number of nitrogens with one attached hydrogen (secondary N) is 3. The van der Waals surface area contributed by atoms with Gasteiger partial charge in [-0.05, 0) is 111 Å². The van der Waals surface area contributed by atoms with Crippen LogP contribution < -0.4 is 20.9 Å². The number of carbonyl (C=O) groups is 3. The van der Waals surface area contributed by atoms with Crippen LogP contribution in [0.25, 0.3) is 10.9 Å². The lowest BCUT2D eigenvalue weighted by Crippen LogP contribution is -2.59. The van der Waals surface area contributed by atoms with Crippen LogP contribution in [0, 0.1) is 11.8 Å². The number of nitrogens with zero attached hydrogens (tertiary/aromatic N) is 2. The number of amides is 3. The number of hydrogen-bond acceptors (Lipinski definition) is 11. The maximum atomic E-state index is 13.7. The number of alkyl carbamates (subject to hydrolysis) is 1. The van der Waals surface area contributed by atoms with Crippen LogP contribution in [0.3, 0.4) is 0 Å². The van der Waals surface area contributed by atoms with E-state index >= 15 is 0 Å². The third kappa shape index (κ3) is 13.6. The molecule has 0 spiro atoms. The lowest BCUT2D eigenvalue weighted by Gasteiger charge is -2.46. The first-order chi connectivity index (χ1) is 33.7. The molecule has 4 N–H and O–H groups in total. The zero-order valence-electron chi connectivity index (χ0n) is 42.6. The highest BCUT2D eigenvalue weighted by Gasteiger charge is 2.45. The third-order valence-electron chi connectivity index (χ3n) is 13.6. The van der Waals surface area contributed by atoms with E-state index in [-0.39, 0.29) is 52.9 Å². The van der Waals surface area contributed by atoms with E-state index in [1.807, 2.05) is 106 Å². The fraction of sp³-hybridized carbons (Fsp3) is 0.455. The molecule has 2 fully saturated rings. The van der Waals surface area contributed by atoms with Crippen molar-refractivity contribution in [3.8, 4) is 11.5 Å². The zero-order valence-corrected chi connectivity index (χ0v) is 43.6. The summed E-state index contributed by atoms with van der Waals surface area (Å²) < 4.78 is 30.8. The first-order valence-electron chi connectivity index (χ1n) is 24.5. The summed E-state index contributed by atoms with van der Waals surface area (Å²) in [5, 5.41) is 17.9. The van der Waals surface area contributed by atoms with E-state index in [9.17, 15) is 24.3 Å². The van der Waals surface area contributed by atoms with Gasteiger partial charge < -0.3 is 53.9 Å². The van der Waals surface area contributed by atoms with Gasteiger partial charge in [-0.3, -0.25) is 9.59 Å². The standard InChI is InChI=1S/C55H71N5O10Si/c1-54(2,3)69-53(65)60-31-40-34-66-35-41(32-60)50(40)68-52(64)58-48(37-15-11-10-12-16-37)39-17-13-18-42(29-39)67-33-36-19-21-38(22-20-36)51(63)59(7)28-14-27-56-30-46(70-71(8,9)55(4,5)6)43-23-25-45(61)49-44(43)24-26-47(62)57-49/h10-13,15-26,29,40-41,46,48,50,56,61H,14,27-28,30-35H2,1-9H3,(H,57,62)(H,58,64)/t40?,41?,46-,48?,50?/m0/s1. The van der Waals surface area contributed by atoms with Gasteiger partial charge in [0.25, 0.3) is 5.91 Å². The fourth-order valence-corrected chi connectivity index (χ4v) is 10.1. The highest BCUT2D eigenvalue weighted by Crippen LogP contribution is 2.41. The van der Waals surface area contributed by atoms with E-state index in [2.05, 4.69) is 49.5 Å². The lowest BCUT2D eigenvalue weighted by molar-refractivity contribution is -0.124. The number of rotatable bonds is 17. The van der Waals surface area contributed by atoms with Crippen molar-refractivity contribution in [2.45, 2.75) is 96.6 Å².